The summed E-state index contributed by atoms with van der Waals surface area (Å²) in [6, 6.07) is 19.0. The quantitative estimate of drug-likeness (QED) is 0.352. The summed E-state index contributed by atoms with van der Waals surface area (Å²) in [5, 5.41) is 3.81. The maximum absolute atomic E-state index is 12.7. The summed E-state index contributed by atoms with van der Waals surface area (Å²) >= 11 is 8.31. The fourth-order valence-electron chi connectivity index (χ4n) is 5.50. The predicted octanol–water partition coefficient (Wildman–Crippen LogP) is 5.36. The second-order valence-corrected chi connectivity index (χ2v) is 12.0. The van der Waals surface area contributed by atoms with Crippen LogP contribution in [0.1, 0.15) is 39.9 Å². The molecular weight excluding hydrogens is 609 g/mol. The van der Waals surface area contributed by atoms with E-state index >= 15 is 0 Å². The number of benzene rings is 2. The van der Waals surface area contributed by atoms with Crippen molar-refractivity contribution in [2.24, 2.45) is 0 Å². The molecule has 3 heterocycles. The Morgan fingerprint density at radius 2 is 1.63 bits per heavy atom. The molecule has 0 unspecified atom stereocenters. The molecule has 2 aliphatic heterocycles. The van der Waals surface area contributed by atoms with Crippen LogP contribution in [-0.4, -0.2) is 66.0 Å². The van der Waals surface area contributed by atoms with Gasteiger partial charge in [-0.2, -0.15) is 0 Å². The molecule has 0 spiro atoms. The van der Waals surface area contributed by atoms with E-state index in [4.69, 9.17) is 16.6 Å². The molecule has 0 radical (unpaired) electrons. The van der Waals surface area contributed by atoms with Crippen LogP contribution in [0.25, 0.3) is 0 Å². The molecule has 2 fully saturated rings. The van der Waals surface area contributed by atoms with Gasteiger partial charge in [-0.15, -0.1) is 0 Å². The minimum Gasteiger partial charge on any atom is -0.354 e. The van der Waals surface area contributed by atoms with Crippen molar-refractivity contribution in [2.75, 3.05) is 44.2 Å². The van der Waals surface area contributed by atoms with Crippen LogP contribution in [0.3, 0.4) is 0 Å². The van der Waals surface area contributed by atoms with E-state index in [1.165, 1.54) is 22.0 Å². The molecule has 0 saturated carbocycles. The van der Waals surface area contributed by atoms with Crippen LogP contribution in [-0.2, 0) is 13.1 Å². The van der Waals surface area contributed by atoms with Crippen molar-refractivity contribution in [1.82, 2.24) is 20.1 Å². The van der Waals surface area contributed by atoms with Crippen LogP contribution < -0.4 is 10.2 Å². The van der Waals surface area contributed by atoms with Gasteiger partial charge in [0.05, 0.1) is 5.56 Å². The Morgan fingerprint density at radius 1 is 0.974 bits per heavy atom. The van der Waals surface area contributed by atoms with Crippen LogP contribution >= 0.6 is 34.2 Å². The highest BCUT2D eigenvalue weighted by Crippen LogP contribution is 2.24. The van der Waals surface area contributed by atoms with Crippen LogP contribution in [0, 0.1) is 10.5 Å². The van der Waals surface area contributed by atoms with Gasteiger partial charge in [0.15, 0.2) is 0 Å². The summed E-state index contributed by atoms with van der Waals surface area (Å²) in [6.07, 6.45) is 4.15. The number of hydrogen-bond donors (Lipinski definition) is 1. The number of carbonyl (C=O) groups excluding carboxylic acids is 1. The second kappa shape index (κ2) is 12.8. The summed E-state index contributed by atoms with van der Waals surface area (Å²) in [5.41, 5.74) is 4.08. The molecule has 5 rings (SSSR count). The number of aryl methyl sites for hydroxylation is 1. The minimum atomic E-state index is -0.0853. The molecule has 0 bridgehead atoms. The maximum Gasteiger partial charge on any atom is 0.253 e. The number of carbonyl (C=O) groups is 1. The first-order valence-electron chi connectivity index (χ1n) is 13.4. The highest BCUT2D eigenvalue weighted by Gasteiger charge is 2.28. The number of piperidine rings is 1. The Hall–Kier alpha value is -2.20. The molecule has 1 N–H and O–H groups in total. The van der Waals surface area contributed by atoms with Gasteiger partial charge >= 0.3 is 0 Å². The molecule has 3 aromatic rings. The van der Waals surface area contributed by atoms with Crippen molar-refractivity contribution in [3.63, 3.8) is 0 Å². The lowest BCUT2D eigenvalue weighted by Crippen LogP contribution is -2.53. The third-order valence-electron chi connectivity index (χ3n) is 7.69. The van der Waals surface area contributed by atoms with Crippen molar-refractivity contribution >= 4 is 45.9 Å². The summed E-state index contributed by atoms with van der Waals surface area (Å²) in [4.78, 5) is 25.0. The highest BCUT2D eigenvalue weighted by atomic mass is 127. The standard InChI is InChI=1S/C30H35ClIN5O/c1-22-18-25(30(38)34-19-23-4-8-27(32)9-5-23)20-33-29(22)37-16-14-36(15-17-37)28-10-12-35(13-11-28)21-24-2-6-26(31)7-3-24/h2-9,18,20,28H,10-17,19,21H2,1H3,(H,34,38). The Balaban J connectivity index is 1.08. The average molecular weight is 644 g/mol. The zero-order valence-electron chi connectivity index (χ0n) is 21.9. The normalized spacial score (nSPS) is 17.5. The predicted molar refractivity (Wildman–Crippen MR) is 163 cm³/mol. The Kier molecular flexibility index (Phi) is 9.20. The van der Waals surface area contributed by atoms with Gasteiger partial charge in [-0.1, -0.05) is 35.9 Å². The molecule has 1 aromatic heterocycles. The largest absolute Gasteiger partial charge is 0.354 e. The lowest BCUT2D eigenvalue weighted by atomic mass is 10.0. The summed E-state index contributed by atoms with van der Waals surface area (Å²) in [7, 11) is 0. The minimum absolute atomic E-state index is 0.0853. The van der Waals surface area contributed by atoms with Crippen molar-refractivity contribution in [3.8, 4) is 0 Å². The van der Waals surface area contributed by atoms with Gasteiger partial charge in [0.1, 0.15) is 5.82 Å². The molecule has 6 nitrogen and oxygen atoms in total. The Labute approximate surface area is 244 Å². The van der Waals surface area contributed by atoms with E-state index in [1.807, 2.05) is 42.5 Å². The second-order valence-electron chi connectivity index (χ2n) is 10.3. The van der Waals surface area contributed by atoms with E-state index in [1.54, 1.807) is 6.20 Å². The number of halogens is 2. The molecule has 0 atom stereocenters. The Morgan fingerprint density at radius 3 is 2.29 bits per heavy atom. The first-order chi connectivity index (χ1) is 18.4. The van der Waals surface area contributed by atoms with Gasteiger partial charge in [-0.3, -0.25) is 14.6 Å². The molecular formula is C30H35ClIN5O. The molecule has 1 amide bonds. The van der Waals surface area contributed by atoms with Crippen LogP contribution in [0.4, 0.5) is 5.82 Å². The lowest BCUT2D eigenvalue weighted by molar-refractivity contribution is 0.0950. The number of amides is 1. The molecule has 0 aliphatic carbocycles. The van der Waals surface area contributed by atoms with Gasteiger partial charge in [-0.05, 0) is 102 Å². The zero-order chi connectivity index (χ0) is 26.5. The number of likely N-dealkylation sites (tertiary alicyclic amines) is 1. The van der Waals surface area contributed by atoms with Crippen LogP contribution in [0.15, 0.2) is 60.8 Å². The smallest absolute Gasteiger partial charge is 0.253 e. The van der Waals surface area contributed by atoms with Gasteiger partial charge in [0.2, 0.25) is 0 Å². The third kappa shape index (κ3) is 7.05. The summed E-state index contributed by atoms with van der Waals surface area (Å²) in [6.45, 7) is 9.90. The van der Waals surface area contributed by atoms with E-state index in [-0.39, 0.29) is 5.91 Å². The van der Waals surface area contributed by atoms with E-state index in [0.29, 0.717) is 18.2 Å². The van der Waals surface area contributed by atoms with Gasteiger partial charge in [0, 0.05) is 60.1 Å². The van der Waals surface area contributed by atoms with Crippen molar-refractivity contribution in [3.05, 3.63) is 91.6 Å². The number of piperazine rings is 1. The summed E-state index contributed by atoms with van der Waals surface area (Å²) in [5.74, 6) is 0.912. The van der Waals surface area contributed by atoms with E-state index in [2.05, 4.69) is 61.7 Å². The lowest BCUT2D eigenvalue weighted by Gasteiger charge is -2.43. The maximum atomic E-state index is 12.7. The number of nitrogens with zero attached hydrogens (tertiary/aromatic N) is 4. The van der Waals surface area contributed by atoms with Crippen molar-refractivity contribution in [2.45, 2.75) is 38.9 Å². The fourth-order valence-corrected chi connectivity index (χ4v) is 5.98. The number of pyridine rings is 1. The van der Waals surface area contributed by atoms with Crippen LogP contribution in [0.5, 0.6) is 0 Å². The van der Waals surface area contributed by atoms with Crippen molar-refractivity contribution in [1.29, 1.82) is 0 Å². The molecule has 8 heteroatoms. The number of anilines is 1. The average Bonchev–Trinajstić information content (AvgIpc) is 2.94. The fraction of sp³-hybridized carbons (Fsp3) is 0.400. The van der Waals surface area contributed by atoms with Crippen LogP contribution in [0.2, 0.25) is 5.02 Å². The van der Waals surface area contributed by atoms with E-state index in [9.17, 15) is 4.79 Å². The monoisotopic (exact) mass is 643 g/mol. The first-order valence-corrected chi connectivity index (χ1v) is 14.9. The molecule has 2 aromatic carbocycles. The summed E-state index contributed by atoms with van der Waals surface area (Å²) < 4.78 is 1.18. The highest BCUT2D eigenvalue weighted by molar-refractivity contribution is 14.1. The Bertz CT molecular complexity index is 1220. The van der Waals surface area contributed by atoms with E-state index < -0.39 is 0 Å². The molecule has 2 saturated heterocycles. The number of rotatable bonds is 7. The van der Waals surface area contributed by atoms with Gasteiger partial charge in [0.25, 0.3) is 5.91 Å². The number of hydrogen-bond acceptors (Lipinski definition) is 5. The van der Waals surface area contributed by atoms with E-state index in [0.717, 1.165) is 67.8 Å². The topological polar surface area (TPSA) is 51.7 Å². The first kappa shape index (κ1) is 27.4. The van der Waals surface area contributed by atoms with Gasteiger partial charge in [-0.25, -0.2) is 4.98 Å². The number of nitrogens with one attached hydrogen (secondary N) is 1. The van der Waals surface area contributed by atoms with Crippen molar-refractivity contribution < 1.29 is 4.79 Å². The number of aromatic nitrogens is 1. The SMILES string of the molecule is Cc1cc(C(=O)NCc2ccc(I)cc2)cnc1N1CCN(C2CCN(Cc3ccc(Cl)cc3)CC2)CC1. The molecule has 2 aliphatic rings. The third-order valence-corrected chi connectivity index (χ3v) is 8.66. The molecule has 200 valence electrons. The molecule has 38 heavy (non-hydrogen) atoms. The zero-order valence-corrected chi connectivity index (χ0v) is 24.8. The van der Waals surface area contributed by atoms with Gasteiger partial charge < -0.3 is 10.2 Å².